The van der Waals surface area contributed by atoms with Gasteiger partial charge in [-0.05, 0) is 0 Å². The van der Waals surface area contributed by atoms with Crippen LogP contribution in [0.15, 0.2) is 0 Å². The molecule has 12 heavy (non-hydrogen) atoms. The monoisotopic (exact) mass is 198 g/mol. The van der Waals surface area contributed by atoms with Gasteiger partial charge in [0.2, 0.25) is 5.82 Å². The van der Waals surface area contributed by atoms with Crippen molar-refractivity contribution in [3.05, 3.63) is 29.1 Å². The van der Waals surface area contributed by atoms with Gasteiger partial charge < -0.3 is 0 Å². The zero-order valence-corrected chi connectivity index (χ0v) is 6.23. The summed E-state index contributed by atoms with van der Waals surface area (Å²) in [7, 11) is 3.10. The van der Waals surface area contributed by atoms with Crippen LogP contribution in [-0.4, -0.2) is 0 Å². The summed E-state index contributed by atoms with van der Waals surface area (Å²) in [5.41, 5.74) is 0. The van der Waals surface area contributed by atoms with Crippen LogP contribution in [0.3, 0.4) is 0 Å². The number of halogens is 5. The van der Waals surface area contributed by atoms with E-state index in [1.807, 2.05) is 0 Å². The Morgan fingerprint density at radius 3 is 1.17 bits per heavy atom. The molecular formula is C6F5P. The Bertz CT molecular complexity index is 230. The molecule has 1 aromatic rings. The quantitative estimate of drug-likeness (QED) is 0.260. The van der Waals surface area contributed by atoms with Crippen molar-refractivity contribution in [2.45, 2.75) is 0 Å². The van der Waals surface area contributed by atoms with E-state index in [4.69, 9.17) is 0 Å². The zero-order chi connectivity index (χ0) is 9.46. The lowest BCUT2D eigenvalue weighted by Crippen LogP contribution is -2.13. The minimum atomic E-state index is -2.18. The van der Waals surface area contributed by atoms with Gasteiger partial charge in [-0.1, -0.05) is 0 Å². The van der Waals surface area contributed by atoms with Crippen molar-refractivity contribution >= 4 is 14.5 Å². The summed E-state index contributed by atoms with van der Waals surface area (Å²) < 4.78 is 61.3. The first-order valence-electron chi connectivity index (χ1n) is 2.67. The molecule has 0 N–H and O–H groups in total. The summed E-state index contributed by atoms with van der Waals surface area (Å²) in [6, 6.07) is 0. The summed E-state index contributed by atoms with van der Waals surface area (Å²) in [6.45, 7) is 0. The van der Waals surface area contributed by atoms with E-state index in [0.29, 0.717) is 0 Å². The van der Waals surface area contributed by atoms with Crippen molar-refractivity contribution in [3.8, 4) is 0 Å². The van der Waals surface area contributed by atoms with E-state index in [1.54, 1.807) is 0 Å². The molecule has 0 nitrogen and oxygen atoms in total. The van der Waals surface area contributed by atoms with Gasteiger partial charge in [0.1, 0.15) is 0 Å². The van der Waals surface area contributed by atoms with E-state index >= 15 is 0 Å². The summed E-state index contributed by atoms with van der Waals surface area (Å²) in [4.78, 5) is 0. The molecule has 0 unspecified atom stereocenters. The van der Waals surface area contributed by atoms with Crippen molar-refractivity contribution in [2.75, 3.05) is 0 Å². The molecule has 64 valence electrons. The molecule has 0 aliphatic carbocycles. The molecule has 1 rings (SSSR count). The van der Waals surface area contributed by atoms with E-state index < -0.39 is 34.4 Å². The fourth-order valence-corrected chi connectivity index (χ4v) is 0.790. The molecule has 0 amide bonds. The first-order valence-corrected chi connectivity index (χ1v) is 3.12. The van der Waals surface area contributed by atoms with Crippen molar-refractivity contribution < 1.29 is 22.0 Å². The molecule has 0 heterocycles. The van der Waals surface area contributed by atoms with Gasteiger partial charge in [0.05, 0.1) is 5.30 Å². The second kappa shape index (κ2) is 2.98. The molecule has 0 saturated heterocycles. The highest BCUT2D eigenvalue weighted by molar-refractivity contribution is 7.27. The Labute approximate surface area is 66.6 Å². The fraction of sp³-hybridized carbons (Fsp3) is 0. The smallest absolute Gasteiger partial charge is 0.200 e. The van der Waals surface area contributed by atoms with Gasteiger partial charge >= 0.3 is 0 Å². The van der Waals surface area contributed by atoms with Gasteiger partial charge in [-0.3, -0.25) is 0 Å². The molecule has 0 atom stereocenters. The maximum Gasteiger partial charge on any atom is 0.200 e. The van der Waals surface area contributed by atoms with Crippen LogP contribution in [0.5, 0.6) is 0 Å². The maximum atomic E-state index is 12.3. The third kappa shape index (κ3) is 1.18. The Hall–Kier alpha value is -0.700. The summed E-state index contributed by atoms with van der Waals surface area (Å²) in [5, 5.41) is -1.17. The predicted octanol–water partition coefficient (Wildman–Crippen LogP) is 2.42. The SMILES string of the molecule is Fc1c(F)c(F)c([P])c(F)c1F. The second-order valence-electron chi connectivity index (χ2n) is 1.92. The molecule has 6 heteroatoms. The normalized spacial score (nSPS) is 10.5. The number of hydrogen-bond donors (Lipinski definition) is 0. The van der Waals surface area contributed by atoms with Crippen LogP contribution >= 0.6 is 9.24 Å². The number of rotatable bonds is 0. The third-order valence-corrected chi connectivity index (χ3v) is 1.58. The van der Waals surface area contributed by atoms with Crippen LogP contribution in [0.2, 0.25) is 0 Å². The first-order chi connectivity index (χ1) is 5.46. The van der Waals surface area contributed by atoms with E-state index in [-0.39, 0.29) is 0 Å². The lowest BCUT2D eigenvalue weighted by Gasteiger charge is -2.01. The highest BCUT2D eigenvalue weighted by atomic mass is 31.0. The summed E-state index contributed by atoms with van der Waals surface area (Å²) in [6.07, 6.45) is 0. The number of benzene rings is 1. The van der Waals surface area contributed by atoms with Crippen molar-refractivity contribution in [3.63, 3.8) is 0 Å². The number of hydrogen-bond acceptors (Lipinski definition) is 0. The Morgan fingerprint density at radius 2 is 0.833 bits per heavy atom. The van der Waals surface area contributed by atoms with Gasteiger partial charge in [0.15, 0.2) is 23.3 Å². The average molecular weight is 198 g/mol. The standard InChI is InChI=1S/C6F5P/c7-1-2(8)4(10)6(12)5(11)3(1)9. The molecule has 0 aromatic heterocycles. The highest BCUT2D eigenvalue weighted by Crippen LogP contribution is 2.17. The molecule has 2 radical (unpaired) electrons. The van der Waals surface area contributed by atoms with Crippen molar-refractivity contribution in [2.24, 2.45) is 0 Å². The van der Waals surface area contributed by atoms with Gasteiger partial charge in [-0.2, -0.15) is 0 Å². The van der Waals surface area contributed by atoms with E-state index in [9.17, 15) is 22.0 Å². The van der Waals surface area contributed by atoms with Gasteiger partial charge in [-0.15, -0.1) is 0 Å². The molecule has 0 aliphatic rings. The fourth-order valence-electron chi connectivity index (χ4n) is 0.593. The second-order valence-corrected chi connectivity index (χ2v) is 2.37. The predicted molar refractivity (Wildman–Crippen MR) is 32.8 cm³/mol. The first kappa shape index (κ1) is 9.39. The molecule has 0 spiro atoms. The van der Waals surface area contributed by atoms with E-state index in [2.05, 4.69) is 9.24 Å². The lowest BCUT2D eigenvalue weighted by atomic mass is 10.3. The van der Waals surface area contributed by atoms with Gasteiger partial charge in [-0.25, -0.2) is 22.0 Å². The molecule has 0 bridgehead atoms. The average Bonchev–Trinajstić information content (AvgIpc) is 2.08. The van der Waals surface area contributed by atoms with Crippen LogP contribution in [0.1, 0.15) is 0 Å². The molecule has 0 aliphatic heterocycles. The molecular weight excluding hydrogens is 198 g/mol. The van der Waals surface area contributed by atoms with Crippen LogP contribution < -0.4 is 5.30 Å². The van der Waals surface area contributed by atoms with Crippen LogP contribution in [-0.2, 0) is 0 Å². The minimum Gasteiger partial charge on any atom is -0.203 e. The topological polar surface area (TPSA) is 0 Å². The lowest BCUT2D eigenvalue weighted by molar-refractivity contribution is 0.384. The highest BCUT2D eigenvalue weighted by Gasteiger charge is 2.23. The van der Waals surface area contributed by atoms with Crippen molar-refractivity contribution in [1.82, 2.24) is 0 Å². The largest absolute Gasteiger partial charge is 0.203 e. The summed E-state index contributed by atoms with van der Waals surface area (Å²) >= 11 is 0. The molecule has 0 fully saturated rings. The van der Waals surface area contributed by atoms with E-state index in [1.165, 1.54) is 0 Å². The van der Waals surface area contributed by atoms with Gasteiger partial charge in [0, 0.05) is 9.24 Å². The third-order valence-electron chi connectivity index (χ3n) is 1.19. The van der Waals surface area contributed by atoms with Crippen LogP contribution in [0.4, 0.5) is 22.0 Å². The Morgan fingerprint density at radius 1 is 0.583 bits per heavy atom. The van der Waals surface area contributed by atoms with Crippen LogP contribution in [0, 0.1) is 29.1 Å². The van der Waals surface area contributed by atoms with Crippen LogP contribution in [0.25, 0.3) is 0 Å². The molecule has 0 saturated carbocycles. The minimum absolute atomic E-state index is 1.17. The zero-order valence-electron chi connectivity index (χ0n) is 5.34. The Kier molecular flexibility index (Phi) is 2.33. The Balaban J connectivity index is 3.60. The summed E-state index contributed by atoms with van der Waals surface area (Å²) in [5.74, 6) is -10.00. The van der Waals surface area contributed by atoms with Gasteiger partial charge in [0.25, 0.3) is 0 Å². The molecule has 1 aromatic carbocycles. The van der Waals surface area contributed by atoms with E-state index in [0.717, 1.165) is 0 Å². The maximum absolute atomic E-state index is 12.3. The van der Waals surface area contributed by atoms with Crippen molar-refractivity contribution in [1.29, 1.82) is 0 Å².